The van der Waals surface area contributed by atoms with Gasteiger partial charge in [0.15, 0.2) is 0 Å². The first kappa shape index (κ1) is 16.3. The predicted octanol–water partition coefficient (Wildman–Crippen LogP) is 3.17. The molecular formula is C15H20ClN3O. The molecule has 0 saturated carbocycles. The van der Waals surface area contributed by atoms with Crippen LogP contribution in [-0.4, -0.2) is 18.5 Å². The standard InChI is InChI=1S/C15H20ClN3O/c1-10(2)6-7-18-15(20)11(3)19-13-5-4-12(9-17)14(16)8-13/h4-5,8,10-11,19H,6-7H2,1-3H3,(H,18,20). The molecule has 1 atom stereocenters. The Hall–Kier alpha value is -1.73. The Morgan fingerprint density at radius 3 is 2.65 bits per heavy atom. The van der Waals surface area contributed by atoms with Crippen molar-refractivity contribution in [2.24, 2.45) is 5.92 Å². The zero-order valence-electron chi connectivity index (χ0n) is 12.0. The van der Waals surface area contributed by atoms with Crippen LogP contribution in [0.4, 0.5) is 5.69 Å². The summed E-state index contributed by atoms with van der Waals surface area (Å²) >= 11 is 5.95. The van der Waals surface area contributed by atoms with Crippen molar-refractivity contribution in [1.29, 1.82) is 5.26 Å². The molecule has 1 aromatic rings. The lowest BCUT2D eigenvalue weighted by Gasteiger charge is -2.16. The summed E-state index contributed by atoms with van der Waals surface area (Å²) in [6.07, 6.45) is 0.959. The van der Waals surface area contributed by atoms with Gasteiger partial charge in [0, 0.05) is 12.2 Å². The monoisotopic (exact) mass is 293 g/mol. The van der Waals surface area contributed by atoms with Gasteiger partial charge in [0.05, 0.1) is 10.6 Å². The number of halogens is 1. The molecule has 108 valence electrons. The van der Waals surface area contributed by atoms with Crippen molar-refractivity contribution < 1.29 is 4.79 Å². The van der Waals surface area contributed by atoms with E-state index >= 15 is 0 Å². The van der Waals surface area contributed by atoms with Gasteiger partial charge in [-0.25, -0.2) is 0 Å². The fourth-order valence-corrected chi connectivity index (χ4v) is 1.87. The summed E-state index contributed by atoms with van der Waals surface area (Å²) in [5, 5.41) is 15.1. The summed E-state index contributed by atoms with van der Waals surface area (Å²) in [5.41, 5.74) is 1.15. The minimum Gasteiger partial charge on any atom is -0.374 e. The minimum atomic E-state index is -0.355. The van der Waals surface area contributed by atoms with Crippen molar-refractivity contribution in [3.63, 3.8) is 0 Å². The number of benzene rings is 1. The van der Waals surface area contributed by atoms with Crippen LogP contribution in [0.15, 0.2) is 18.2 Å². The molecule has 0 aliphatic carbocycles. The van der Waals surface area contributed by atoms with Crippen molar-refractivity contribution in [2.45, 2.75) is 33.2 Å². The Balaban J connectivity index is 2.53. The number of nitrogens with zero attached hydrogens (tertiary/aromatic N) is 1. The Morgan fingerprint density at radius 1 is 1.40 bits per heavy atom. The van der Waals surface area contributed by atoms with Crippen molar-refractivity contribution in [3.8, 4) is 6.07 Å². The fourth-order valence-electron chi connectivity index (χ4n) is 1.65. The summed E-state index contributed by atoms with van der Waals surface area (Å²) in [7, 11) is 0. The van der Waals surface area contributed by atoms with Gasteiger partial charge in [0.2, 0.25) is 5.91 Å². The Morgan fingerprint density at radius 2 is 2.10 bits per heavy atom. The molecule has 0 radical (unpaired) electrons. The van der Waals surface area contributed by atoms with Crippen molar-refractivity contribution in [2.75, 3.05) is 11.9 Å². The van der Waals surface area contributed by atoms with Crippen LogP contribution in [-0.2, 0) is 4.79 Å². The molecule has 1 rings (SSSR count). The van der Waals surface area contributed by atoms with Gasteiger partial charge < -0.3 is 10.6 Å². The van der Waals surface area contributed by atoms with E-state index in [1.807, 2.05) is 6.07 Å². The van der Waals surface area contributed by atoms with E-state index in [-0.39, 0.29) is 11.9 Å². The number of nitriles is 1. The van der Waals surface area contributed by atoms with Gasteiger partial charge in [-0.3, -0.25) is 4.79 Å². The molecule has 1 amide bonds. The number of carbonyl (C=O) groups excluding carboxylic acids is 1. The van der Waals surface area contributed by atoms with E-state index in [1.54, 1.807) is 25.1 Å². The van der Waals surface area contributed by atoms with Gasteiger partial charge in [-0.1, -0.05) is 25.4 Å². The first-order valence-corrected chi connectivity index (χ1v) is 7.05. The maximum Gasteiger partial charge on any atom is 0.242 e. The first-order valence-electron chi connectivity index (χ1n) is 6.68. The summed E-state index contributed by atoms with van der Waals surface area (Å²) < 4.78 is 0. The van der Waals surface area contributed by atoms with E-state index in [0.29, 0.717) is 23.0 Å². The van der Waals surface area contributed by atoms with Crippen LogP contribution in [0.5, 0.6) is 0 Å². The van der Waals surface area contributed by atoms with E-state index in [1.165, 1.54) is 0 Å². The van der Waals surface area contributed by atoms with E-state index in [9.17, 15) is 4.79 Å². The smallest absolute Gasteiger partial charge is 0.242 e. The Kier molecular flexibility index (Phi) is 6.33. The van der Waals surface area contributed by atoms with Crippen molar-refractivity contribution in [3.05, 3.63) is 28.8 Å². The van der Waals surface area contributed by atoms with E-state index in [4.69, 9.17) is 16.9 Å². The van der Waals surface area contributed by atoms with Crippen LogP contribution < -0.4 is 10.6 Å². The maximum absolute atomic E-state index is 11.9. The highest BCUT2D eigenvalue weighted by Crippen LogP contribution is 2.20. The quantitative estimate of drug-likeness (QED) is 0.846. The molecule has 1 unspecified atom stereocenters. The van der Waals surface area contributed by atoms with Crippen LogP contribution in [0.3, 0.4) is 0 Å². The molecule has 0 fully saturated rings. The molecule has 0 aliphatic rings. The third-order valence-electron chi connectivity index (χ3n) is 2.89. The molecule has 1 aromatic carbocycles. The predicted molar refractivity (Wildman–Crippen MR) is 81.7 cm³/mol. The fraction of sp³-hybridized carbons (Fsp3) is 0.467. The summed E-state index contributed by atoms with van der Waals surface area (Å²) in [6.45, 7) is 6.70. The molecule has 5 heteroatoms. The molecule has 0 spiro atoms. The Labute approximate surface area is 125 Å². The van der Waals surface area contributed by atoms with E-state index in [2.05, 4.69) is 24.5 Å². The van der Waals surface area contributed by atoms with E-state index < -0.39 is 0 Å². The third kappa shape index (κ3) is 5.10. The molecule has 20 heavy (non-hydrogen) atoms. The molecule has 0 saturated heterocycles. The van der Waals surface area contributed by atoms with Gasteiger partial charge in [0.25, 0.3) is 0 Å². The number of anilines is 1. The van der Waals surface area contributed by atoms with Crippen molar-refractivity contribution >= 4 is 23.2 Å². The van der Waals surface area contributed by atoms with Crippen molar-refractivity contribution in [1.82, 2.24) is 5.32 Å². The number of hydrogen-bond donors (Lipinski definition) is 2. The SMILES string of the molecule is CC(C)CCNC(=O)C(C)Nc1ccc(C#N)c(Cl)c1. The highest BCUT2D eigenvalue weighted by molar-refractivity contribution is 6.32. The lowest BCUT2D eigenvalue weighted by Crippen LogP contribution is -2.38. The molecule has 0 aliphatic heterocycles. The normalized spacial score (nSPS) is 11.8. The summed E-state index contributed by atoms with van der Waals surface area (Å²) in [5.74, 6) is 0.516. The lowest BCUT2D eigenvalue weighted by atomic mass is 10.1. The Bertz CT molecular complexity index is 508. The zero-order valence-corrected chi connectivity index (χ0v) is 12.8. The topological polar surface area (TPSA) is 64.9 Å². The van der Waals surface area contributed by atoms with E-state index in [0.717, 1.165) is 12.1 Å². The first-order chi connectivity index (χ1) is 9.43. The number of carbonyl (C=O) groups is 1. The lowest BCUT2D eigenvalue weighted by molar-refractivity contribution is -0.121. The molecule has 0 bridgehead atoms. The number of hydrogen-bond acceptors (Lipinski definition) is 3. The molecule has 2 N–H and O–H groups in total. The van der Waals surface area contributed by atoms with Crippen LogP contribution in [0.1, 0.15) is 32.8 Å². The highest BCUT2D eigenvalue weighted by atomic mass is 35.5. The summed E-state index contributed by atoms with van der Waals surface area (Å²) in [6, 6.07) is 6.66. The largest absolute Gasteiger partial charge is 0.374 e. The molecule has 4 nitrogen and oxygen atoms in total. The average molecular weight is 294 g/mol. The van der Waals surface area contributed by atoms with Crippen LogP contribution in [0.25, 0.3) is 0 Å². The average Bonchev–Trinajstić information content (AvgIpc) is 2.38. The second-order valence-corrected chi connectivity index (χ2v) is 5.55. The van der Waals surface area contributed by atoms with Gasteiger partial charge >= 0.3 is 0 Å². The molecule has 0 heterocycles. The molecular weight excluding hydrogens is 274 g/mol. The molecule has 0 aromatic heterocycles. The van der Waals surface area contributed by atoms with Gasteiger partial charge in [-0.2, -0.15) is 5.26 Å². The highest BCUT2D eigenvalue weighted by Gasteiger charge is 2.12. The summed E-state index contributed by atoms with van der Waals surface area (Å²) in [4.78, 5) is 11.9. The number of nitrogens with one attached hydrogen (secondary N) is 2. The second-order valence-electron chi connectivity index (χ2n) is 5.15. The van der Waals surface area contributed by atoms with Gasteiger partial charge in [-0.15, -0.1) is 0 Å². The van der Waals surface area contributed by atoms with Crippen LogP contribution in [0, 0.1) is 17.2 Å². The third-order valence-corrected chi connectivity index (χ3v) is 3.20. The zero-order chi connectivity index (χ0) is 15.1. The number of rotatable bonds is 6. The number of amides is 1. The second kappa shape index (κ2) is 7.76. The van der Waals surface area contributed by atoms with Crippen LogP contribution >= 0.6 is 11.6 Å². The maximum atomic E-state index is 11.9. The van der Waals surface area contributed by atoms with Crippen LogP contribution in [0.2, 0.25) is 5.02 Å². The minimum absolute atomic E-state index is 0.0499. The van der Waals surface area contributed by atoms with Gasteiger partial charge in [0.1, 0.15) is 12.1 Å². The van der Waals surface area contributed by atoms with Gasteiger partial charge in [-0.05, 0) is 37.5 Å².